The summed E-state index contributed by atoms with van der Waals surface area (Å²) >= 11 is 0. The molecular formula is C29H32N4O3. The van der Waals surface area contributed by atoms with Crippen LogP contribution in [-0.4, -0.2) is 37.7 Å². The Labute approximate surface area is 212 Å². The Balaban J connectivity index is 1.78. The molecule has 0 spiro atoms. The summed E-state index contributed by atoms with van der Waals surface area (Å²) in [7, 11) is 0. The number of rotatable bonds is 11. The van der Waals surface area contributed by atoms with Gasteiger partial charge in [-0.1, -0.05) is 30.3 Å². The molecule has 0 bridgehead atoms. The maximum Gasteiger partial charge on any atom is 0.287 e. The van der Waals surface area contributed by atoms with Crippen molar-refractivity contribution in [1.29, 1.82) is 0 Å². The van der Waals surface area contributed by atoms with E-state index in [9.17, 15) is 9.59 Å². The van der Waals surface area contributed by atoms with Crippen LogP contribution in [0.4, 0.5) is 5.69 Å². The maximum atomic E-state index is 13.0. The molecule has 0 aliphatic carbocycles. The molecule has 0 aromatic heterocycles. The van der Waals surface area contributed by atoms with Gasteiger partial charge >= 0.3 is 0 Å². The average Bonchev–Trinajstić information content (AvgIpc) is 2.91. The van der Waals surface area contributed by atoms with E-state index < -0.39 is 5.91 Å². The third-order valence-electron chi connectivity index (χ3n) is 5.43. The fraction of sp³-hybridized carbons (Fsp3) is 0.207. The summed E-state index contributed by atoms with van der Waals surface area (Å²) in [4.78, 5) is 28.0. The smallest absolute Gasteiger partial charge is 0.287 e. The summed E-state index contributed by atoms with van der Waals surface area (Å²) in [5.74, 6) is -0.152. The van der Waals surface area contributed by atoms with E-state index in [1.54, 1.807) is 30.3 Å². The largest absolute Gasteiger partial charge is 0.494 e. The van der Waals surface area contributed by atoms with E-state index in [2.05, 4.69) is 34.6 Å². The number of anilines is 1. The van der Waals surface area contributed by atoms with Gasteiger partial charge in [0.05, 0.1) is 12.8 Å². The summed E-state index contributed by atoms with van der Waals surface area (Å²) in [6, 6.07) is 23.9. The number of hydrogen-bond acceptors (Lipinski definition) is 5. The molecule has 2 N–H and O–H groups in total. The summed E-state index contributed by atoms with van der Waals surface area (Å²) in [5, 5.41) is 6.78. The van der Waals surface area contributed by atoms with Crippen LogP contribution in [0.5, 0.6) is 5.75 Å². The molecule has 0 aliphatic rings. The van der Waals surface area contributed by atoms with Crippen molar-refractivity contribution in [3.8, 4) is 5.75 Å². The Morgan fingerprint density at radius 2 is 1.50 bits per heavy atom. The van der Waals surface area contributed by atoms with Gasteiger partial charge in [-0.2, -0.15) is 5.10 Å². The zero-order valence-electron chi connectivity index (χ0n) is 20.9. The van der Waals surface area contributed by atoms with E-state index in [0.717, 1.165) is 35.7 Å². The lowest BCUT2D eigenvalue weighted by Gasteiger charge is -2.20. The van der Waals surface area contributed by atoms with Crippen molar-refractivity contribution in [2.75, 3.05) is 24.6 Å². The van der Waals surface area contributed by atoms with Crippen LogP contribution in [0.1, 0.15) is 42.3 Å². The van der Waals surface area contributed by atoms with Gasteiger partial charge in [-0.3, -0.25) is 9.59 Å². The lowest BCUT2D eigenvalue weighted by Crippen LogP contribution is -2.32. The first-order valence-corrected chi connectivity index (χ1v) is 12.0. The lowest BCUT2D eigenvalue weighted by molar-refractivity contribution is -0.117. The van der Waals surface area contributed by atoms with Gasteiger partial charge in [0.1, 0.15) is 11.4 Å². The van der Waals surface area contributed by atoms with Gasteiger partial charge in [-0.05, 0) is 86.5 Å². The SMILES string of the molecule is CCOc1ccc(C=NNC(=O)C(=Cc2ccc(N(CC)CC)cc2)NC(=O)c2ccccc2)cc1. The molecule has 0 heterocycles. The molecule has 0 saturated heterocycles. The van der Waals surface area contributed by atoms with Crippen LogP contribution < -0.4 is 20.4 Å². The molecule has 0 saturated carbocycles. The van der Waals surface area contributed by atoms with Gasteiger partial charge in [-0.25, -0.2) is 5.43 Å². The van der Waals surface area contributed by atoms with Crippen LogP contribution in [0, 0.1) is 0 Å². The number of ether oxygens (including phenoxy) is 1. The molecule has 7 heteroatoms. The van der Waals surface area contributed by atoms with Crippen molar-refractivity contribution >= 4 is 29.8 Å². The highest BCUT2D eigenvalue weighted by molar-refractivity contribution is 6.05. The number of hydrogen-bond donors (Lipinski definition) is 2. The molecule has 186 valence electrons. The van der Waals surface area contributed by atoms with E-state index in [1.165, 1.54) is 6.21 Å². The molecule has 0 aliphatic heterocycles. The van der Waals surface area contributed by atoms with Gasteiger partial charge < -0.3 is 15.0 Å². The predicted molar refractivity (Wildman–Crippen MR) is 145 cm³/mol. The summed E-state index contributed by atoms with van der Waals surface area (Å²) in [5.41, 5.74) is 5.71. The topological polar surface area (TPSA) is 83.0 Å². The Kier molecular flexibility index (Phi) is 9.82. The molecule has 0 unspecified atom stereocenters. The van der Waals surface area contributed by atoms with E-state index in [-0.39, 0.29) is 11.6 Å². The standard InChI is InChI=1S/C29H32N4O3/c1-4-33(5-2)25-16-12-22(13-17-25)20-27(31-28(34)24-10-8-7-9-11-24)29(35)32-30-21-23-14-18-26(19-15-23)36-6-3/h7-21H,4-6H2,1-3H3,(H,31,34)(H,32,35). The highest BCUT2D eigenvalue weighted by Gasteiger charge is 2.14. The molecule has 3 aromatic carbocycles. The molecule has 36 heavy (non-hydrogen) atoms. The van der Waals surface area contributed by atoms with Crippen molar-refractivity contribution in [1.82, 2.24) is 10.7 Å². The highest BCUT2D eigenvalue weighted by atomic mass is 16.5. The molecular weight excluding hydrogens is 452 g/mol. The molecule has 2 amide bonds. The minimum Gasteiger partial charge on any atom is -0.494 e. The second-order valence-electron chi connectivity index (χ2n) is 7.84. The van der Waals surface area contributed by atoms with Crippen LogP contribution in [0.15, 0.2) is 89.7 Å². The highest BCUT2D eigenvalue weighted by Crippen LogP contribution is 2.17. The van der Waals surface area contributed by atoms with Gasteiger partial charge in [0, 0.05) is 24.3 Å². The molecule has 3 aromatic rings. The van der Waals surface area contributed by atoms with Gasteiger partial charge in [0.25, 0.3) is 11.8 Å². The second kappa shape index (κ2) is 13.5. The van der Waals surface area contributed by atoms with Gasteiger partial charge in [0.2, 0.25) is 0 Å². The van der Waals surface area contributed by atoms with E-state index in [4.69, 9.17) is 4.74 Å². The van der Waals surface area contributed by atoms with Crippen LogP contribution in [0.25, 0.3) is 6.08 Å². The van der Waals surface area contributed by atoms with Crippen LogP contribution in [0.3, 0.4) is 0 Å². The third kappa shape index (κ3) is 7.56. The first-order valence-electron chi connectivity index (χ1n) is 12.0. The Bertz CT molecular complexity index is 1180. The first kappa shape index (κ1) is 26.2. The lowest BCUT2D eigenvalue weighted by atomic mass is 10.1. The maximum absolute atomic E-state index is 13.0. The Morgan fingerprint density at radius 1 is 0.861 bits per heavy atom. The van der Waals surface area contributed by atoms with Crippen LogP contribution in [-0.2, 0) is 4.79 Å². The molecule has 3 rings (SSSR count). The zero-order valence-corrected chi connectivity index (χ0v) is 20.9. The minimum absolute atomic E-state index is 0.0864. The fourth-order valence-electron chi connectivity index (χ4n) is 3.52. The molecule has 7 nitrogen and oxygen atoms in total. The van der Waals surface area contributed by atoms with E-state index in [0.29, 0.717) is 12.2 Å². The number of hydrazone groups is 1. The quantitative estimate of drug-likeness (QED) is 0.232. The number of carbonyl (C=O) groups excluding carboxylic acids is 2. The number of carbonyl (C=O) groups is 2. The van der Waals surface area contributed by atoms with Crippen molar-refractivity contribution in [3.05, 3.63) is 101 Å². The normalized spacial score (nSPS) is 11.2. The third-order valence-corrected chi connectivity index (χ3v) is 5.43. The predicted octanol–water partition coefficient (Wildman–Crippen LogP) is 4.85. The number of benzene rings is 3. The van der Waals surface area contributed by atoms with Crippen molar-refractivity contribution in [3.63, 3.8) is 0 Å². The van der Waals surface area contributed by atoms with E-state index >= 15 is 0 Å². The van der Waals surface area contributed by atoms with Gasteiger partial charge in [-0.15, -0.1) is 0 Å². The van der Waals surface area contributed by atoms with Crippen molar-refractivity contribution in [2.45, 2.75) is 20.8 Å². The van der Waals surface area contributed by atoms with Crippen molar-refractivity contribution in [2.24, 2.45) is 5.10 Å². The zero-order chi connectivity index (χ0) is 25.8. The molecule has 0 fully saturated rings. The Morgan fingerprint density at radius 3 is 2.11 bits per heavy atom. The molecule has 0 radical (unpaired) electrons. The fourth-order valence-corrected chi connectivity index (χ4v) is 3.52. The van der Waals surface area contributed by atoms with E-state index in [1.807, 2.05) is 61.5 Å². The monoisotopic (exact) mass is 484 g/mol. The minimum atomic E-state index is -0.533. The Hall–Kier alpha value is -4.39. The van der Waals surface area contributed by atoms with Crippen LogP contribution >= 0.6 is 0 Å². The number of nitrogens with one attached hydrogen (secondary N) is 2. The van der Waals surface area contributed by atoms with Crippen molar-refractivity contribution < 1.29 is 14.3 Å². The molecule has 0 atom stereocenters. The summed E-state index contributed by atoms with van der Waals surface area (Å²) < 4.78 is 5.43. The first-order chi connectivity index (χ1) is 17.5. The summed E-state index contributed by atoms with van der Waals surface area (Å²) in [6.45, 7) is 8.52. The van der Waals surface area contributed by atoms with Crippen LogP contribution in [0.2, 0.25) is 0 Å². The number of nitrogens with zero attached hydrogens (tertiary/aromatic N) is 2. The number of amides is 2. The average molecular weight is 485 g/mol. The van der Waals surface area contributed by atoms with Gasteiger partial charge in [0.15, 0.2) is 0 Å². The summed E-state index contributed by atoms with van der Waals surface area (Å²) in [6.07, 6.45) is 3.16. The second-order valence-corrected chi connectivity index (χ2v) is 7.84.